The number of halogens is 1. The highest BCUT2D eigenvalue weighted by Gasteiger charge is 2.15. The summed E-state index contributed by atoms with van der Waals surface area (Å²) in [5, 5.41) is 3.62. The molecule has 2 rings (SSSR count). The molecule has 1 aliphatic rings. The smallest absolute Gasteiger partial charge is 0.270 e. The van der Waals surface area contributed by atoms with Crippen LogP contribution >= 0.6 is 11.6 Å². The van der Waals surface area contributed by atoms with Crippen LogP contribution in [0.4, 0.5) is 0 Å². The molecule has 0 unspecified atom stereocenters. The van der Waals surface area contributed by atoms with Crippen LogP contribution < -0.4 is 5.32 Å². The molecule has 0 saturated heterocycles. The molecule has 1 fully saturated rings. The Morgan fingerprint density at radius 3 is 2.56 bits per heavy atom. The van der Waals surface area contributed by atoms with Crippen LogP contribution in [-0.2, 0) is 0 Å². The summed E-state index contributed by atoms with van der Waals surface area (Å²) >= 11 is 5.86. The Kier molecular flexibility index (Phi) is 5.00. The van der Waals surface area contributed by atoms with Gasteiger partial charge in [-0.15, -0.1) is 0 Å². The van der Waals surface area contributed by atoms with E-state index in [0.29, 0.717) is 16.8 Å². The molecule has 1 aromatic heterocycles. The molecule has 1 amide bonds. The van der Waals surface area contributed by atoms with Crippen molar-refractivity contribution in [2.45, 2.75) is 51.0 Å². The molecule has 1 saturated carbocycles. The fraction of sp³-hybridized carbons (Fsp3) is 0.571. The van der Waals surface area contributed by atoms with E-state index in [4.69, 9.17) is 11.6 Å². The van der Waals surface area contributed by atoms with Gasteiger partial charge >= 0.3 is 0 Å². The van der Waals surface area contributed by atoms with Crippen molar-refractivity contribution in [3.8, 4) is 0 Å². The van der Waals surface area contributed by atoms with Crippen LogP contribution in [0.25, 0.3) is 0 Å². The lowest BCUT2D eigenvalue weighted by Gasteiger charge is -2.20. The number of rotatable bonds is 2. The monoisotopic (exact) mass is 266 g/mol. The molecular weight excluding hydrogens is 248 g/mol. The number of carbonyl (C=O) groups excluding carboxylic acids is 1. The normalized spacial score (nSPS) is 17.8. The molecule has 1 N–H and O–H groups in total. The van der Waals surface area contributed by atoms with Gasteiger partial charge in [-0.25, -0.2) is 0 Å². The van der Waals surface area contributed by atoms with Gasteiger partial charge in [0.15, 0.2) is 0 Å². The molecule has 4 heteroatoms. The predicted octanol–water partition coefficient (Wildman–Crippen LogP) is 3.58. The van der Waals surface area contributed by atoms with Crippen molar-refractivity contribution in [2.24, 2.45) is 0 Å². The minimum atomic E-state index is -0.108. The van der Waals surface area contributed by atoms with Crippen LogP contribution in [0.5, 0.6) is 0 Å². The number of pyridine rings is 1. The molecule has 0 bridgehead atoms. The summed E-state index contributed by atoms with van der Waals surface area (Å²) in [6, 6.07) is 3.58. The van der Waals surface area contributed by atoms with Gasteiger partial charge in [0.2, 0.25) is 0 Å². The molecule has 98 valence electrons. The second kappa shape index (κ2) is 6.74. The molecule has 3 nitrogen and oxygen atoms in total. The van der Waals surface area contributed by atoms with E-state index in [-0.39, 0.29) is 5.91 Å². The van der Waals surface area contributed by atoms with Gasteiger partial charge in [0.1, 0.15) is 5.69 Å². The first-order valence-electron chi connectivity index (χ1n) is 6.68. The Balaban J connectivity index is 1.93. The van der Waals surface area contributed by atoms with Crippen molar-refractivity contribution >= 4 is 17.5 Å². The minimum Gasteiger partial charge on any atom is -0.348 e. The van der Waals surface area contributed by atoms with E-state index < -0.39 is 0 Å². The molecular formula is C14H19ClN2O. The van der Waals surface area contributed by atoms with E-state index in [9.17, 15) is 4.79 Å². The number of amides is 1. The Bertz CT molecular complexity index is 401. The van der Waals surface area contributed by atoms with Gasteiger partial charge in [0.25, 0.3) is 5.91 Å². The topological polar surface area (TPSA) is 42.0 Å². The fourth-order valence-electron chi connectivity index (χ4n) is 2.39. The number of hydrogen-bond acceptors (Lipinski definition) is 2. The molecule has 18 heavy (non-hydrogen) atoms. The minimum absolute atomic E-state index is 0.108. The summed E-state index contributed by atoms with van der Waals surface area (Å²) in [6.07, 6.45) is 10.0. The van der Waals surface area contributed by atoms with Gasteiger partial charge in [0.05, 0.1) is 0 Å². The Hall–Kier alpha value is -1.09. The number of hydrogen-bond donors (Lipinski definition) is 1. The zero-order valence-corrected chi connectivity index (χ0v) is 11.2. The lowest BCUT2D eigenvalue weighted by molar-refractivity contribution is 0.0925. The zero-order valence-electron chi connectivity index (χ0n) is 10.5. The van der Waals surface area contributed by atoms with Gasteiger partial charge < -0.3 is 5.32 Å². The van der Waals surface area contributed by atoms with Crippen LogP contribution in [0.15, 0.2) is 18.3 Å². The molecule has 0 atom stereocenters. The SMILES string of the molecule is O=C(NC1CCCCCCC1)c1cc(Cl)ccn1. The van der Waals surface area contributed by atoms with Crippen LogP contribution in [0.2, 0.25) is 5.02 Å². The van der Waals surface area contributed by atoms with Gasteiger partial charge in [-0.2, -0.15) is 0 Å². The Morgan fingerprint density at radius 1 is 1.22 bits per heavy atom. The van der Waals surface area contributed by atoms with Crippen molar-refractivity contribution in [3.05, 3.63) is 29.0 Å². The number of nitrogens with one attached hydrogen (secondary N) is 1. The highest BCUT2D eigenvalue weighted by atomic mass is 35.5. The summed E-state index contributed by atoms with van der Waals surface area (Å²) in [6.45, 7) is 0. The summed E-state index contributed by atoms with van der Waals surface area (Å²) in [7, 11) is 0. The third-order valence-electron chi connectivity index (χ3n) is 3.40. The summed E-state index contributed by atoms with van der Waals surface area (Å²) in [5.74, 6) is -0.108. The van der Waals surface area contributed by atoms with E-state index >= 15 is 0 Å². The van der Waals surface area contributed by atoms with E-state index in [1.165, 1.54) is 32.1 Å². The van der Waals surface area contributed by atoms with E-state index in [2.05, 4.69) is 10.3 Å². The quantitative estimate of drug-likeness (QED) is 0.889. The second-order valence-corrected chi connectivity index (χ2v) is 5.31. The molecule has 0 spiro atoms. The van der Waals surface area contributed by atoms with Crippen LogP contribution in [0.1, 0.15) is 55.4 Å². The number of nitrogens with zero attached hydrogens (tertiary/aromatic N) is 1. The molecule has 0 aromatic carbocycles. The second-order valence-electron chi connectivity index (χ2n) is 4.87. The Labute approximate surface area is 113 Å². The number of carbonyl (C=O) groups is 1. The van der Waals surface area contributed by atoms with Crippen molar-refractivity contribution in [1.29, 1.82) is 0 Å². The lowest BCUT2D eigenvalue weighted by Crippen LogP contribution is -2.35. The summed E-state index contributed by atoms with van der Waals surface area (Å²) < 4.78 is 0. The maximum Gasteiger partial charge on any atom is 0.270 e. The maximum atomic E-state index is 12.0. The number of aromatic nitrogens is 1. The molecule has 1 aromatic rings. The summed E-state index contributed by atoms with van der Waals surface area (Å²) in [4.78, 5) is 16.1. The first-order valence-corrected chi connectivity index (χ1v) is 7.06. The van der Waals surface area contributed by atoms with E-state index in [1.807, 2.05) is 0 Å². The van der Waals surface area contributed by atoms with Gasteiger partial charge in [-0.05, 0) is 25.0 Å². The fourth-order valence-corrected chi connectivity index (χ4v) is 2.55. The van der Waals surface area contributed by atoms with Crippen LogP contribution in [0, 0.1) is 0 Å². The van der Waals surface area contributed by atoms with Crippen LogP contribution in [-0.4, -0.2) is 16.9 Å². The third-order valence-corrected chi connectivity index (χ3v) is 3.63. The standard InChI is InChI=1S/C14H19ClN2O/c15-11-8-9-16-13(10-11)14(18)17-12-6-4-2-1-3-5-7-12/h8-10,12H,1-7H2,(H,17,18). The van der Waals surface area contributed by atoms with E-state index in [1.54, 1.807) is 18.3 Å². The van der Waals surface area contributed by atoms with Crippen molar-refractivity contribution in [2.75, 3.05) is 0 Å². The van der Waals surface area contributed by atoms with Crippen LogP contribution in [0.3, 0.4) is 0 Å². The first kappa shape index (κ1) is 13.3. The molecule has 1 aliphatic carbocycles. The average molecular weight is 267 g/mol. The van der Waals surface area contributed by atoms with Crippen molar-refractivity contribution in [1.82, 2.24) is 10.3 Å². The lowest BCUT2D eigenvalue weighted by atomic mass is 9.96. The molecule has 1 heterocycles. The van der Waals surface area contributed by atoms with Gasteiger partial charge in [-0.3, -0.25) is 9.78 Å². The summed E-state index contributed by atoms with van der Waals surface area (Å²) in [5.41, 5.74) is 0.407. The third kappa shape index (κ3) is 3.98. The van der Waals surface area contributed by atoms with Gasteiger partial charge in [0, 0.05) is 17.3 Å². The van der Waals surface area contributed by atoms with Gasteiger partial charge in [-0.1, -0.05) is 43.7 Å². The highest BCUT2D eigenvalue weighted by molar-refractivity contribution is 6.30. The highest BCUT2D eigenvalue weighted by Crippen LogP contribution is 2.17. The average Bonchev–Trinajstić information content (AvgIpc) is 2.32. The largest absolute Gasteiger partial charge is 0.348 e. The van der Waals surface area contributed by atoms with Crippen molar-refractivity contribution in [3.63, 3.8) is 0 Å². The molecule has 0 aliphatic heterocycles. The zero-order chi connectivity index (χ0) is 12.8. The molecule has 0 radical (unpaired) electrons. The maximum absolute atomic E-state index is 12.0. The Morgan fingerprint density at radius 2 is 1.89 bits per heavy atom. The van der Waals surface area contributed by atoms with E-state index in [0.717, 1.165) is 12.8 Å². The van der Waals surface area contributed by atoms with Crippen molar-refractivity contribution < 1.29 is 4.79 Å². The first-order chi connectivity index (χ1) is 8.75. The predicted molar refractivity (Wildman–Crippen MR) is 72.8 cm³/mol.